The first kappa shape index (κ1) is 22.0. The van der Waals surface area contributed by atoms with E-state index in [1.54, 1.807) is 0 Å². The van der Waals surface area contributed by atoms with Crippen molar-refractivity contribution in [1.29, 1.82) is 0 Å². The second-order valence-corrected chi connectivity index (χ2v) is 11.4. The fourth-order valence-electron chi connectivity index (χ4n) is 8.59. The summed E-state index contributed by atoms with van der Waals surface area (Å²) in [6.07, 6.45) is 5.52. The Kier molecular flexibility index (Phi) is 4.38. The molecule has 184 valence electrons. The zero-order valence-corrected chi connectivity index (χ0v) is 21.2. The highest BCUT2D eigenvalue weighted by atomic mass is 35.5. The third kappa shape index (κ3) is 2.38. The van der Waals surface area contributed by atoms with Gasteiger partial charge in [0.1, 0.15) is 5.60 Å². The molecule has 2 bridgehead atoms. The van der Waals surface area contributed by atoms with Crippen molar-refractivity contribution in [2.24, 2.45) is 5.92 Å². The van der Waals surface area contributed by atoms with E-state index in [1.807, 2.05) is 6.07 Å². The van der Waals surface area contributed by atoms with Gasteiger partial charge < -0.3 is 19.6 Å². The molecule has 1 unspecified atom stereocenters. The Bertz CT molecular complexity index is 1370. The predicted octanol–water partition coefficient (Wildman–Crippen LogP) is 5.21. The van der Waals surface area contributed by atoms with Crippen molar-refractivity contribution in [3.63, 3.8) is 0 Å². The van der Waals surface area contributed by atoms with Gasteiger partial charge in [0.05, 0.1) is 11.1 Å². The molecule has 1 saturated heterocycles. The monoisotopic (exact) mass is 492 g/mol. The molecule has 3 heterocycles. The number of likely N-dealkylation sites (tertiary alicyclic amines) is 1. The molecule has 5 nitrogen and oxygen atoms in total. The maximum atomic E-state index is 11.0. The number of aromatic hydroxyl groups is 1. The van der Waals surface area contributed by atoms with E-state index in [2.05, 4.69) is 54.1 Å². The van der Waals surface area contributed by atoms with Crippen molar-refractivity contribution in [3.8, 4) is 11.5 Å². The summed E-state index contributed by atoms with van der Waals surface area (Å²) in [6, 6.07) is 12.9. The topological polar surface area (TPSA) is 57.7 Å². The summed E-state index contributed by atoms with van der Waals surface area (Å²) < 4.78 is 14.1. The van der Waals surface area contributed by atoms with Crippen LogP contribution in [0.5, 0.6) is 11.5 Å². The number of fused-ring (bicyclic) bond motifs is 4. The Morgan fingerprint density at radius 1 is 1.20 bits per heavy atom. The largest absolute Gasteiger partial charge is 0.504 e. The summed E-state index contributed by atoms with van der Waals surface area (Å²) in [5.41, 5.74) is 4.84. The van der Waals surface area contributed by atoms with Crippen LogP contribution in [0, 0.1) is 5.92 Å². The highest BCUT2D eigenvalue weighted by Gasteiger charge is 2.78. The molecular formula is C29H33ClN2O3. The molecule has 2 N–H and O–H groups in total. The second kappa shape index (κ2) is 6.96. The Balaban J connectivity index is 0.00000210. The summed E-state index contributed by atoms with van der Waals surface area (Å²) in [6.45, 7) is 7.30. The van der Waals surface area contributed by atoms with E-state index in [0.717, 1.165) is 37.2 Å². The Morgan fingerprint density at radius 3 is 2.83 bits per heavy atom. The number of ether oxygens (including phenoxy) is 2. The van der Waals surface area contributed by atoms with Gasteiger partial charge in [-0.05, 0) is 75.3 Å². The highest BCUT2D eigenvalue weighted by molar-refractivity contribution is 5.87. The van der Waals surface area contributed by atoms with Crippen molar-refractivity contribution in [1.82, 2.24) is 9.88 Å². The molecule has 5 aliphatic rings. The molecular weight excluding hydrogens is 460 g/mol. The van der Waals surface area contributed by atoms with E-state index >= 15 is 0 Å². The van der Waals surface area contributed by atoms with E-state index in [9.17, 15) is 5.11 Å². The number of rotatable bonds is 4. The zero-order valence-electron chi connectivity index (χ0n) is 20.4. The van der Waals surface area contributed by atoms with Gasteiger partial charge in [0.15, 0.2) is 17.1 Å². The summed E-state index contributed by atoms with van der Waals surface area (Å²) in [5, 5.41) is 12.3. The number of phenolic OH excluding ortho intramolecular Hbond substituents is 1. The van der Waals surface area contributed by atoms with Crippen LogP contribution in [-0.4, -0.2) is 46.3 Å². The van der Waals surface area contributed by atoms with Crippen molar-refractivity contribution < 1.29 is 14.6 Å². The van der Waals surface area contributed by atoms with E-state index in [-0.39, 0.29) is 23.6 Å². The number of piperidine rings is 1. The number of aromatic nitrogens is 1. The number of para-hydroxylation sites is 1. The summed E-state index contributed by atoms with van der Waals surface area (Å²) >= 11 is 0. The van der Waals surface area contributed by atoms with Gasteiger partial charge >= 0.3 is 0 Å². The molecule has 2 aromatic carbocycles. The minimum atomic E-state index is -0.630. The van der Waals surface area contributed by atoms with Crippen LogP contribution >= 0.6 is 12.4 Å². The number of aromatic amines is 1. The van der Waals surface area contributed by atoms with Gasteiger partial charge in [0.25, 0.3) is 0 Å². The first-order valence-electron chi connectivity index (χ1n) is 13.0. The molecule has 2 aliphatic heterocycles. The molecule has 8 rings (SSSR count). The molecule has 2 fully saturated rings. The van der Waals surface area contributed by atoms with Crippen molar-refractivity contribution >= 4 is 23.3 Å². The van der Waals surface area contributed by atoms with Crippen LogP contribution < -0.4 is 4.74 Å². The molecule has 3 aromatic rings. The number of H-pyrrole nitrogens is 1. The molecule has 1 aromatic heterocycles. The van der Waals surface area contributed by atoms with Gasteiger partial charge in [-0.1, -0.05) is 24.3 Å². The molecule has 6 heteroatoms. The average molecular weight is 493 g/mol. The Labute approximate surface area is 212 Å². The van der Waals surface area contributed by atoms with Gasteiger partial charge in [0, 0.05) is 42.1 Å². The van der Waals surface area contributed by atoms with Gasteiger partial charge in [0.2, 0.25) is 0 Å². The van der Waals surface area contributed by atoms with E-state index in [1.165, 1.54) is 47.2 Å². The normalized spacial score (nSPS) is 34.2. The van der Waals surface area contributed by atoms with Crippen molar-refractivity contribution in [3.05, 3.63) is 58.8 Å². The van der Waals surface area contributed by atoms with Crippen LogP contribution in [0.4, 0.5) is 0 Å². The van der Waals surface area contributed by atoms with Gasteiger partial charge in [-0.15, -0.1) is 12.4 Å². The molecule has 3 aliphatic carbocycles. The van der Waals surface area contributed by atoms with Crippen LogP contribution in [0.1, 0.15) is 55.5 Å². The number of hydrogen-bond acceptors (Lipinski definition) is 4. The maximum Gasteiger partial charge on any atom is 0.166 e. The third-order valence-electron chi connectivity index (χ3n) is 9.98. The molecule has 0 amide bonds. The van der Waals surface area contributed by atoms with Gasteiger partial charge in [-0.2, -0.15) is 0 Å². The van der Waals surface area contributed by atoms with Gasteiger partial charge in [-0.3, -0.25) is 4.90 Å². The lowest BCUT2D eigenvalue weighted by Gasteiger charge is -2.67. The van der Waals surface area contributed by atoms with E-state index in [0.29, 0.717) is 18.4 Å². The molecule has 0 radical (unpaired) electrons. The molecule has 35 heavy (non-hydrogen) atoms. The predicted molar refractivity (Wildman–Crippen MR) is 138 cm³/mol. The van der Waals surface area contributed by atoms with E-state index < -0.39 is 11.2 Å². The summed E-state index contributed by atoms with van der Waals surface area (Å²) in [4.78, 5) is 6.54. The smallest absolute Gasteiger partial charge is 0.166 e. The minimum Gasteiger partial charge on any atom is -0.504 e. The quantitative estimate of drug-likeness (QED) is 0.524. The first-order chi connectivity index (χ1) is 16.5. The number of benzene rings is 2. The molecule has 4 atom stereocenters. The zero-order chi connectivity index (χ0) is 22.9. The number of halogens is 1. The van der Waals surface area contributed by atoms with Crippen LogP contribution in [0.15, 0.2) is 36.4 Å². The van der Waals surface area contributed by atoms with E-state index in [4.69, 9.17) is 9.47 Å². The lowest BCUT2D eigenvalue weighted by atomic mass is 9.45. The van der Waals surface area contributed by atoms with Crippen LogP contribution in [0.25, 0.3) is 10.9 Å². The minimum absolute atomic E-state index is 0. The number of hydrogen-bond donors (Lipinski definition) is 2. The van der Waals surface area contributed by atoms with Crippen molar-refractivity contribution in [2.75, 3.05) is 19.7 Å². The summed E-state index contributed by atoms with van der Waals surface area (Å²) in [5.74, 6) is 1.78. The standard InChI is InChI=1S/C29H32N2O3.ClH/c1-3-33-29-15-20-19-6-4-5-7-21(19)30-26(20)27(2)28(29)12-13-31(16-17-8-9-17)23(29)14-18-10-11-22(32)25(34-27)24(18)28;/h4-7,10-11,17,23,30,32H,3,8-9,12-16H2,1-2H3;1H/t23?,27-,28-,29+;/m0./s1. The van der Waals surface area contributed by atoms with Crippen LogP contribution in [0.2, 0.25) is 0 Å². The lowest BCUT2D eigenvalue weighted by molar-refractivity contribution is -0.224. The summed E-state index contributed by atoms with van der Waals surface area (Å²) in [7, 11) is 0. The highest BCUT2D eigenvalue weighted by Crippen LogP contribution is 2.72. The van der Waals surface area contributed by atoms with Gasteiger partial charge in [-0.25, -0.2) is 0 Å². The maximum absolute atomic E-state index is 11.0. The molecule has 1 saturated carbocycles. The second-order valence-electron chi connectivity index (χ2n) is 11.4. The fraction of sp³-hybridized carbons (Fsp3) is 0.517. The number of phenols is 1. The average Bonchev–Trinajstić information content (AvgIpc) is 3.49. The molecule has 1 spiro atoms. The first-order valence-corrected chi connectivity index (χ1v) is 13.0. The van der Waals surface area contributed by atoms with Crippen LogP contribution in [-0.2, 0) is 28.6 Å². The van der Waals surface area contributed by atoms with Crippen LogP contribution in [0.3, 0.4) is 0 Å². The number of nitrogens with one attached hydrogen (secondary N) is 1. The Morgan fingerprint density at radius 2 is 2.03 bits per heavy atom. The number of nitrogens with zero attached hydrogens (tertiary/aromatic N) is 1. The fourth-order valence-corrected chi connectivity index (χ4v) is 8.59. The van der Waals surface area contributed by atoms with Crippen molar-refractivity contribution in [2.45, 2.75) is 68.6 Å². The SMILES string of the molecule is CCO[C@@]12Cc3c([nH]c4ccccc34)[C@]3(C)Oc4c(O)ccc5c4[C@@]31CCN(CC1CC1)C2C5.Cl. The lowest BCUT2D eigenvalue weighted by Crippen LogP contribution is -2.79. The Hall–Kier alpha value is -2.21. The third-order valence-corrected chi connectivity index (χ3v) is 9.98.